The van der Waals surface area contributed by atoms with Gasteiger partial charge in [-0.1, -0.05) is 22.0 Å². The predicted octanol–water partition coefficient (Wildman–Crippen LogP) is 4.25. The molecule has 0 saturated heterocycles. The minimum absolute atomic E-state index is 0.414. The normalized spacial score (nSPS) is 17.6. The topological polar surface area (TPSA) is 24.9 Å². The summed E-state index contributed by atoms with van der Waals surface area (Å²) in [6.45, 7) is 2.01. The van der Waals surface area contributed by atoms with Crippen LogP contribution in [0.15, 0.2) is 41.0 Å². The lowest BCUT2D eigenvalue weighted by atomic mass is 10.1. The summed E-state index contributed by atoms with van der Waals surface area (Å²) in [5, 5.41) is 3.57. The van der Waals surface area contributed by atoms with Crippen molar-refractivity contribution in [3.05, 3.63) is 57.8 Å². The standard InChI is InChI=1S/C15H15BrN2/c1-10-2-5-13(9-17-10)18-15-7-3-11-8-12(16)4-6-14(11)15/h2,4-6,8-9,15,18H,3,7H2,1H3. The highest BCUT2D eigenvalue weighted by atomic mass is 79.9. The number of hydrogen-bond donors (Lipinski definition) is 1. The van der Waals surface area contributed by atoms with Gasteiger partial charge in [0.15, 0.2) is 0 Å². The number of aryl methyl sites for hydroxylation is 2. The average Bonchev–Trinajstić information content (AvgIpc) is 2.74. The van der Waals surface area contributed by atoms with Gasteiger partial charge in [0, 0.05) is 10.2 Å². The van der Waals surface area contributed by atoms with Crippen molar-refractivity contribution in [3.63, 3.8) is 0 Å². The molecule has 3 rings (SSSR count). The summed E-state index contributed by atoms with van der Waals surface area (Å²) in [6.07, 6.45) is 4.21. The lowest BCUT2D eigenvalue weighted by Crippen LogP contribution is -2.07. The van der Waals surface area contributed by atoms with Gasteiger partial charge >= 0.3 is 0 Å². The summed E-state index contributed by atoms with van der Waals surface area (Å²) in [5.74, 6) is 0. The van der Waals surface area contributed by atoms with Gasteiger partial charge in [-0.05, 0) is 55.2 Å². The van der Waals surface area contributed by atoms with E-state index in [-0.39, 0.29) is 0 Å². The smallest absolute Gasteiger partial charge is 0.0531 e. The molecule has 2 nitrogen and oxygen atoms in total. The maximum atomic E-state index is 4.32. The Morgan fingerprint density at radius 3 is 2.94 bits per heavy atom. The van der Waals surface area contributed by atoms with Crippen LogP contribution in [0.2, 0.25) is 0 Å². The first-order valence-corrected chi connectivity index (χ1v) is 6.99. The fourth-order valence-corrected chi connectivity index (χ4v) is 2.90. The molecular weight excluding hydrogens is 288 g/mol. The Morgan fingerprint density at radius 1 is 1.28 bits per heavy atom. The van der Waals surface area contributed by atoms with Gasteiger partial charge in [0.25, 0.3) is 0 Å². The Labute approximate surface area is 116 Å². The van der Waals surface area contributed by atoms with Gasteiger partial charge in [0.2, 0.25) is 0 Å². The summed E-state index contributed by atoms with van der Waals surface area (Å²) >= 11 is 3.53. The van der Waals surface area contributed by atoms with Crippen LogP contribution in [0.1, 0.15) is 29.3 Å². The molecule has 1 aromatic carbocycles. The van der Waals surface area contributed by atoms with Crippen molar-refractivity contribution in [1.82, 2.24) is 4.98 Å². The highest BCUT2D eigenvalue weighted by molar-refractivity contribution is 9.10. The van der Waals surface area contributed by atoms with E-state index in [0.717, 1.165) is 24.2 Å². The molecule has 1 aliphatic carbocycles. The minimum Gasteiger partial charge on any atom is -0.377 e. The number of hydrogen-bond acceptors (Lipinski definition) is 2. The fourth-order valence-electron chi connectivity index (χ4n) is 2.49. The molecule has 0 amide bonds. The van der Waals surface area contributed by atoms with Crippen molar-refractivity contribution in [2.45, 2.75) is 25.8 Å². The molecule has 92 valence electrons. The quantitative estimate of drug-likeness (QED) is 0.897. The summed E-state index contributed by atoms with van der Waals surface area (Å²) in [7, 11) is 0. The van der Waals surface area contributed by atoms with Crippen molar-refractivity contribution in [2.75, 3.05) is 5.32 Å². The van der Waals surface area contributed by atoms with Crippen LogP contribution in [0.5, 0.6) is 0 Å². The van der Waals surface area contributed by atoms with Gasteiger partial charge in [-0.25, -0.2) is 0 Å². The number of nitrogens with one attached hydrogen (secondary N) is 1. The Balaban J connectivity index is 1.82. The maximum Gasteiger partial charge on any atom is 0.0531 e. The van der Waals surface area contributed by atoms with Gasteiger partial charge in [0.1, 0.15) is 0 Å². The zero-order valence-corrected chi connectivity index (χ0v) is 11.9. The number of nitrogens with zero attached hydrogens (tertiary/aromatic N) is 1. The first-order chi connectivity index (χ1) is 8.72. The molecule has 1 unspecified atom stereocenters. The van der Waals surface area contributed by atoms with Crippen molar-refractivity contribution < 1.29 is 0 Å². The van der Waals surface area contributed by atoms with Crippen molar-refractivity contribution in [3.8, 4) is 0 Å². The molecule has 0 spiro atoms. The molecule has 1 aromatic heterocycles. The molecule has 0 aliphatic heterocycles. The number of fused-ring (bicyclic) bond motifs is 1. The van der Waals surface area contributed by atoms with E-state index in [1.54, 1.807) is 0 Å². The second-order valence-corrected chi connectivity index (χ2v) is 5.68. The van der Waals surface area contributed by atoms with E-state index in [2.05, 4.69) is 50.5 Å². The first kappa shape index (κ1) is 11.7. The van der Waals surface area contributed by atoms with E-state index in [4.69, 9.17) is 0 Å². The van der Waals surface area contributed by atoms with Crippen molar-refractivity contribution in [1.29, 1.82) is 0 Å². The van der Waals surface area contributed by atoms with Gasteiger partial charge in [-0.2, -0.15) is 0 Å². The molecule has 1 atom stereocenters. The zero-order valence-electron chi connectivity index (χ0n) is 10.3. The highest BCUT2D eigenvalue weighted by Crippen LogP contribution is 2.35. The average molecular weight is 303 g/mol. The molecule has 1 heterocycles. The monoisotopic (exact) mass is 302 g/mol. The summed E-state index contributed by atoms with van der Waals surface area (Å²) < 4.78 is 1.17. The van der Waals surface area contributed by atoms with Crippen LogP contribution in [-0.4, -0.2) is 4.98 Å². The molecule has 0 radical (unpaired) electrons. The number of halogens is 1. The van der Waals surface area contributed by atoms with E-state index in [1.807, 2.05) is 19.2 Å². The lowest BCUT2D eigenvalue weighted by molar-refractivity contribution is 0.761. The third kappa shape index (κ3) is 2.27. The fraction of sp³-hybridized carbons (Fsp3) is 0.267. The molecule has 3 heteroatoms. The molecule has 1 aliphatic rings. The first-order valence-electron chi connectivity index (χ1n) is 6.20. The molecule has 0 saturated carbocycles. The second-order valence-electron chi connectivity index (χ2n) is 4.77. The van der Waals surface area contributed by atoms with Crippen LogP contribution in [0.3, 0.4) is 0 Å². The molecular formula is C15H15BrN2. The SMILES string of the molecule is Cc1ccc(NC2CCc3cc(Br)ccc32)cn1. The van der Waals surface area contributed by atoms with E-state index >= 15 is 0 Å². The van der Waals surface area contributed by atoms with E-state index in [1.165, 1.54) is 15.6 Å². The van der Waals surface area contributed by atoms with Crippen LogP contribution in [0, 0.1) is 6.92 Å². The van der Waals surface area contributed by atoms with E-state index in [0.29, 0.717) is 6.04 Å². The van der Waals surface area contributed by atoms with Gasteiger partial charge in [-0.15, -0.1) is 0 Å². The Hall–Kier alpha value is -1.35. The van der Waals surface area contributed by atoms with Crippen LogP contribution in [0.25, 0.3) is 0 Å². The van der Waals surface area contributed by atoms with Gasteiger partial charge in [-0.3, -0.25) is 4.98 Å². The summed E-state index contributed by atoms with van der Waals surface area (Å²) in [6, 6.07) is 11.1. The Bertz CT molecular complexity index is 563. The molecule has 1 N–H and O–H groups in total. The summed E-state index contributed by atoms with van der Waals surface area (Å²) in [5.41, 5.74) is 5.01. The summed E-state index contributed by atoms with van der Waals surface area (Å²) in [4.78, 5) is 4.32. The number of pyridine rings is 1. The van der Waals surface area contributed by atoms with Crippen LogP contribution in [-0.2, 0) is 6.42 Å². The van der Waals surface area contributed by atoms with Crippen molar-refractivity contribution in [2.24, 2.45) is 0 Å². The molecule has 2 aromatic rings. The molecule has 0 fully saturated rings. The van der Waals surface area contributed by atoms with Crippen LogP contribution < -0.4 is 5.32 Å². The van der Waals surface area contributed by atoms with Crippen LogP contribution in [0.4, 0.5) is 5.69 Å². The number of anilines is 1. The molecule has 18 heavy (non-hydrogen) atoms. The number of aromatic nitrogens is 1. The second kappa shape index (κ2) is 4.73. The van der Waals surface area contributed by atoms with Gasteiger partial charge in [0.05, 0.1) is 17.9 Å². The Kier molecular flexibility index (Phi) is 3.08. The number of benzene rings is 1. The Morgan fingerprint density at radius 2 is 2.17 bits per heavy atom. The third-order valence-electron chi connectivity index (χ3n) is 3.44. The minimum atomic E-state index is 0.414. The van der Waals surface area contributed by atoms with Crippen molar-refractivity contribution >= 4 is 21.6 Å². The van der Waals surface area contributed by atoms with E-state index < -0.39 is 0 Å². The molecule has 0 bridgehead atoms. The largest absolute Gasteiger partial charge is 0.377 e. The van der Waals surface area contributed by atoms with E-state index in [9.17, 15) is 0 Å². The highest BCUT2D eigenvalue weighted by Gasteiger charge is 2.22. The van der Waals surface area contributed by atoms with Gasteiger partial charge < -0.3 is 5.32 Å². The zero-order chi connectivity index (χ0) is 12.5. The third-order valence-corrected chi connectivity index (χ3v) is 3.93. The maximum absolute atomic E-state index is 4.32. The lowest BCUT2D eigenvalue weighted by Gasteiger charge is -2.15. The number of rotatable bonds is 2. The van der Waals surface area contributed by atoms with Crippen LogP contribution >= 0.6 is 15.9 Å². The predicted molar refractivity (Wildman–Crippen MR) is 77.8 cm³/mol.